The summed E-state index contributed by atoms with van der Waals surface area (Å²) in [5.41, 5.74) is 6.81. The van der Waals surface area contributed by atoms with Gasteiger partial charge in [-0.1, -0.05) is 0 Å². The van der Waals surface area contributed by atoms with Crippen LogP contribution in [-0.4, -0.2) is 17.0 Å². The van der Waals surface area contributed by atoms with Crippen molar-refractivity contribution in [2.24, 2.45) is 5.73 Å². The Morgan fingerprint density at radius 1 is 1.47 bits per heavy atom. The van der Waals surface area contributed by atoms with E-state index in [1.54, 1.807) is 6.07 Å². The topological polar surface area (TPSA) is 81.2 Å². The Hall–Kier alpha value is -1.14. The van der Waals surface area contributed by atoms with Crippen molar-refractivity contribution in [3.8, 4) is 0 Å². The summed E-state index contributed by atoms with van der Waals surface area (Å²) < 4.78 is 0.715. The minimum absolute atomic E-state index is 0.0885. The van der Waals surface area contributed by atoms with E-state index in [4.69, 9.17) is 5.73 Å². The molecule has 0 radical (unpaired) electrons. The molecule has 3 N–H and O–H groups in total. The Morgan fingerprint density at radius 3 is 2.76 bits per heavy atom. The Balaban J connectivity index is 2.09. The van der Waals surface area contributed by atoms with E-state index in [9.17, 15) is 10.1 Å². The summed E-state index contributed by atoms with van der Waals surface area (Å²) in [5.74, 6) is 0. The van der Waals surface area contributed by atoms with Crippen molar-refractivity contribution in [2.75, 3.05) is 5.32 Å². The van der Waals surface area contributed by atoms with E-state index in [1.165, 1.54) is 12.1 Å². The van der Waals surface area contributed by atoms with E-state index in [1.807, 2.05) is 0 Å². The molecule has 1 aromatic carbocycles. The lowest BCUT2D eigenvalue weighted by Gasteiger charge is -2.15. The van der Waals surface area contributed by atoms with Gasteiger partial charge in [0.15, 0.2) is 0 Å². The Kier molecular flexibility index (Phi) is 3.63. The number of rotatable bonds is 3. The first-order chi connectivity index (χ1) is 8.06. The number of nitro groups is 1. The molecule has 2 unspecified atom stereocenters. The molecule has 1 aromatic rings. The predicted octanol–water partition coefficient (Wildman–Crippen LogP) is 2.65. The molecule has 2 atom stereocenters. The number of nitrogens with zero attached hydrogens (tertiary/aromatic N) is 1. The first kappa shape index (κ1) is 12.3. The van der Waals surface area contributed by atoms with Gasteiger partial charge in [0.25, 0.3) is 5.69 Å². The van der Waals surface area contributed by atoms with Gasteiger partial charge in [-0.3, -0.25) is 10.1 Å². The summed E-state index contributed by atoms with van der Waals surface area (Å²) in [6.07, 6.45) is 3.02. The highest BCUT2D eigenvalue weighted by Crippen LogP contribution is 2.30. The molecule has 0 spiro atoms. The maximum absolute atomic E-state index is 10.6. The van der Waals surface area contributed by atoms with Gasteiger partial charge in [-0.15, -0.1) is 0 Å². The van der Waals surface area contributed by atoms with Gasteiger partial charge < -0.3 is 11.1 Å². The summed E-state index contributed by atoms with van der Waals surface area (Å²) in [6.45, 7) is 0. The van der Waals surface area contributed by atoms with Crippen molar-refractivity contribution >= 4 is 27.3 Å². The molecule has 0 saturated heterocycles. The third kappa shape index (κ3) is 2.95. The number of halogens is 1. The second kappa shape index (κ2) is 5.01. The van der Waals surface area contributed by atoms with Gasteiger partial charge in [-0.25, -0.2) is 0 Å². The van der Waals surface area contributed by atoms with Crippen molar-refractivity contribution in [1.82, 2.24) is 0 Å². The number of hydrogen-bond acceptors (Lipinski definition) is 4. The van der Waals surface area contributed by atoms with Crippen LogP contribution >= 0.6 is 15.9 Å². The van der Waals surface area contributed by atoms with Crippen molar-refractivity contribution in [2.45, 2.75) is 31.3 Å². The SMILES string of the molecule is NC1CCC(Nc2ccc([N+](=O)[O-])cc2Br)C1. The maximum Gasteiger partial charge on any atom is 0.270 e. The van der Waals surface area contributed by atoms with Crippen LogP contribution in [-0.2, 0) is 0 Å². The number of benzene rings is 1. The van der Waals surface area contributed by atoms with Crippen LogP contribution in [0.4, 0.5) is 11.4 Å². The van der Waals surface area contributed by atoms with E-state index in [-0.39, 0.29) is 11.7 Å². The predicted molar refractivity (Wildman–Crippen MR) is 70.0 cm³/mol. The molecule has 2 rings (SSSR count). The molecular weight excluding hydrogens is 286 g/mol. The fourth-order valence-corrected chi connectivity index (χ4v) is 2.58. The lowest BCUT2D eigenvalue weighted by atomic mass is 10.2. The zero-order valence-corrected chi connectivity index (χ0v) is 10.8. The quantitative estimate of drug-likeness (QED) is 0.664. The van der Waals surface area contributed by atoms with Gasteiger partial charge in [0, 0.05) is 34.4 Å². The zero-order chi connectivity index (χ0) is 12.4. The Labute approximate surface area is 108 Å². The van der Waals surface area contributed by atoms with Crippen molar-refractivity contribution in [3.63, 3.8) is 0 Å². The van der Waals surface area contributed by atoms with E-state index < -0.39 is 4.92 Å². The number of non-ortho nitro benzene ring substituents is 1. The zero-order valence-electron chi connectivity index (χ0n) is 9.23. The standard InChI is InChI=1S/C11H14BrN3O2/c12-10-6-9(15(16)17)3-4-11(10)14-8-2-1-7(13)5-8/h3-4,6-8,14H,1-2,5,13H2. The third-order valence-electron chi connectivity index (χ3n) is 3.00. The van der Waals surface area contributed by atoms with Gasteiger partial charge >= 0.3 is 0 Å². The van der Waals surface area contributed by atoms with Gasteiger partial charge in [-0.2, -0.15) is 0 Å². The number of nitrogens with one attached hydrogen (secondary N) is 1. The lowest BCUT2D eigenvalue weighted by Crippen LogP contribution is -2.20. The molecule has 92 valence electrons. The molecule has 1 aliphatic carbocycles. The normalized spacial score (nSPS) is 23.6. The Morgan fingerprint density at radius 2 is 2.24 bits per heavy atom. The number of anilines is 1. The van der Waals surface area contributed by atoms with Crippen LogP contribution in [0.3, 0.4) is 0 Å². The van der Waals surface area contributed by atoms with Crippen LogP contribution in [0.1, 0.15) is 19.3 Å². The molecule has 0 heterocycles. The van der Waals surface area contributed by atoms with Crippen molar-refractivity contribution < 1.29 is 4.92 Å². The molecular formula is C11H14BrN3O2. The molecule has 0 amide bonds. The number of nitrogens with two attached hydrogens (primary N) is 1. The highest BCUT2D eigenvalue weighted by molar-refractivity contribution is 9.10. The summed E-state index contributed by atoms with van der Waals surface area (Å²) in [4.78, 5) is 10.2. The minimum Gasteiger partial charge on any atom is -0.381 e. The second-order valence-corrected chi connectivity index (χ2v) is 5.19. The molecule has 6 heteroatoms. The van der Waals surface area contributed by atoms with Gasteiger partial charge in [0.1, 0.15) is 0 Å². The van der Waals surface area contributed by atoms with Gasteiger partial charge in [0.05, 0.1) is 4.92 Å². The maximum atomic E-state index is 10.6. The van der Waals surface area contributed by atoms with Gasteiger partial charge in [0.2, 0.25) is 0 Å². The number of nitro benzene ring substituents is 1. The highest BCUT2D eigenvalue weighted by Gasteiger charge is 2.22. The first-order valence-corrected chi connectivity index (χ1v) is 6.31. The van der Waals surface area contributed by atoms with E-state index in [0.29, 0.717) is 10.5 Å². The minimum atomic E-state index is -0.403. The van der Waals surface area contributed by atoms with E-state index >= 15 is 0 Å². The fraction of sp³-hybridized carbons (Fsp3) is 0.455. The van der Waals surface area contributed by atoms with Crippen LogP contribution in [0.15, 0.2) is 22.7 Å². The smallest absolute Gasteiger partial charge is 0.270 e. The summed E-state index contributed by atoms with van der Waals surface area (Å²) >= 11 is 3.34. The summed E-state index contributed by atoms with van der Waals surface area (Å²) in [5, 5.41) is 14.0. The average molecular weight is 300 g/mol. The molecule has 0 aromatic heterocycles. The second-order valence-electron chi connectivity index (χ2n) is 4.34. The third-order valence-corrected chi connectivity index (χ3v) is 3.65. The Bertz CT molecular complexity index is 439. The molecule has 1 aliphatic rings. The molecule has 1 saturated carbocycles. The summed E-state index contributed by atoms with van der Waals surface area (Å²) in [7, 11) is 0. The van der Waals surface area contributed by atoms with Crippen molar-refractivity contribution in [1.29, 1.82) is 0 Å². The number of hydrogen-bond donors (Lipinski definition) is 2. The van der Waals surface area contributed by atoms with Crippen LogP contribution in [0, 0.1) is 10.1 Å². The molecule has 1 fully saturated rings. The van der Waals surface area contributed by atoms with Gasteiger partial charge in [-0.05, 0) is 41.3 Å². The molecule has 0 aliphatic heterocycles. The first-order valence-electron chi connectivity index (χ1n) is 5.52. The molecule has 17 heavy (non-hydrogen) atoms. The largest absolute Gasteiger partial charge is 0.381 e. The van der Waals surface area contributed by atoms with E-state index in [0.717, 1.165) is 24.9 Å². The fourth-order valence-electron chi connectivity index (χ4n) is 2.10. The summed E-state index contributed by atoms with van der Waals surface area (Å²) in [6, 6.07) is 5.37. The van der Waals surface area contributed by atoms with E-state index in [2.05, 4.69) is 21.2 Å². The monoisotopic (exact) mass is 299 g/mol. The lowest BCUT2D eigenvalue weighted by molar-refractivity contribution is -0.384. The van der Waals surface area contributed by atoms with Crippen LogP contribution in [0.25, 0.3) is 0 Å². The van der Waals surface area contributed by atoms with Crippen LogP contribution < -0.4 is 11.1 Å². The molecule has 5 nitrogen and oxygen atoms in total. The highest BCUT2D eigenvalue weighted by atomic mass is 79.9. The average Bonchev–Trinajstić information content (AvgIpc) is 2.67. The van der Waals surface area contributed by atoms with Crippen LogP contribution in [0.5, 0.6) is 0 Å². The van der Waals surface area contributed by atoms with Crippen LogP contribution in [0.2, 0.25) is 0 Å². The molecule has 0 bridgehead atoms. The van der Waals surface area contributed by atoms with Crippen molar-refractivity contribution in [3.05, 3.63) is 32.8 Å².